The topological polar surface area (TPSA) is 119 Å². The fraction of sp³-hybridized carbons (Fsp3) is 0.167. The molecular weight excluding hydrogens is 639 g/mol. The minimum Gasteiger partial charge on any atom is -0.495 e. The molecule has 0 unspecified atom stereocenters. The summed E-state index contributed by atoms with van der Waals surface area (Å²) in [6.45, 7) is -0.212. The highest BCUT2D eigenvalue weighted by molar-refractivity contribution is 7.89. The van der Waals surface area contributed by atoms with E-state index in [2.05, 4.69) is 9.46 Å². The van der Waals surface area contributed by atoms with Crippen LogP contribution < -0.4 is 4.74 Å². The Hall–Kier alpha value is -3.64. The first kappa shape index (κ1) is 33.3. The zero-order chi connectivity index (χ0) is 31.9. The average Bonchev–Trinajstić information content (AvgIpc) is 3.02. The van der Waals surface area contributed by atoms with Crippen molar-refractivity contribution >= 4 is 35.2 Å². The average molecular weight is 666 g/mol. The lowest BCUT2D eigenvalue weighted by molar-refractivity contribution is -0.136. The monoisotopic (exact) mass is 665 g/mol. The first-order valence-corrected chi connectivity index (χ1v) is 16.5. The van der Waals surface area contributed by atoms with Gasteiger partial charge in [0.2, 0.25) is 10.0 Å². The summed E-state index contributed by atoms with van der Waals surface area (Å²) in [6.07, 6.45) is -0.896. The number of rotatable bonds is 14. The summed E-state index contributed by atoms with van der Waals surface area (Å²) in [5.41, 5.74) is 3.42. The maximum Gasteiger partial charge on any atom is 0.399 e. The molecule has 0 fully saturated rings. The molecule has 0 aliphatic carbocycles. The Morgan fingerprint density at radius 1 is 0.864 bits per heavy atom. The van der Waals surface area contributed by atoms with Crippen LogP contribution in [0, 0.1) is 0 Å². The molecule has 0 amide bonds. The van der Waals surface area contributed by atoms with Gasteiger partial charge in [-0.15, -0.1) is 9.46 Å². The number of benzene rings is 4. The van der Waals surface area contributed by atoms with Gasteiger partial charge >= 0.3 is 13.6 Å². The van der Waals surface area contributed by atoms with Crippen molar-refractivity contribution in [1.82, 2.24) is 4.31 Å². The van der Waals surface area contributed by atoms with Crippen LogP contribution in [-0.2, 0) is 54.5 Å². The molecule has 9 nitrogen and oxygen atoms in total. The van der Waals surface area contributed by atoms with E-state index in [0.717, 1.165) is 11.1 Å². The van der Waals surface area contributed by atoms with Gasteiger partial charge in [0.05, 0.1) is 19.7 Å². The SMILES string of the molecule is COc1ccccc1S(=O)(=O)N(Cc1ccc(-c2cccc(CC(=O)O)c2)cc1)Cc1ccc(CP(=O)(OF)OF)c(Cl)c1. The van der Waals surface area contributed by atoms with Crippen LogP contribution in [0.1, 0.15) is 22.3 Å². The van der Waals surface area contributed by atoms with Gasteiger partial charge in [0, 0.05) is 18.1 Å². The third-order valence-electron chi connectivity index (χ3n) is 6.67. The quantitative estimate of drug-likeness (QED) is 0.137. The zero-order valence-corrected chi connectivity index (χ0v) is 25.7. The van der Waals surface area contributed by atoms with E-state index in [-0.39, 0.29) is 40.7 Å². The molecule has 4 aromatic rings. The number of para-hydroxylation sites is 1. The van der Waals surface area contributed by atoms with Crippen molar-refractivity contribution < 1.29 is 46.1 Å². The first-order valence-electron chi connectivity index (χ1n) is 13.0. The summed E-state index contributed by atoms with van der Waals surface area (Å²) in [5.74, 6) is -0.789. The summed E-state index contributed by atoms with van der Waals surface area (Å²) in [4.78, 5) is 11.1. The van der Waals surface area contributed by atoms with E-state index in [1.807, 2.05) is 18.2 Å². The maximum atomic E-state index is 14.0. The number of carboxylic acid groups (broad SMARTS) is 1. The Bertz CT molecular complexity index is 1780. The maximum absolute atomic E-state index is 14.0. The molecule has 4 rings (SSSR count). The fourth-order valence-corrected chi connectivity index (χ4v) is 7.28. The van der Waals surface area contributed by atoms with Crippen LogP contribution in [0.15, 0.2) is 95.9 Å². The number of hydrogen-bond donors (Lipinski definition) is 1. The highest BCUT2D eigenvalue weighted by Gasteiger charge is 2.31. The second-order valence-corrected chi connectivity index (χ2v) is 13.9. The van der Waals surface area contributed by atoms with E-state index in [0.29, 0.717) is 16.7 Å². The molecule has 1 N–H and O–H groups in total. The molecule has 0 spiro atoms. The Morgan fingerprint density at radius 2 is 1.52 bits per heavy atom. The van der Waals surface area contributed by atoms with E-state index in [1.54, 1.807) is 42.5 Å². The van der Waals surface area contributed by atoms with Gasteiger partial charge in [0.1, 0.15) is 10.6 Å². The van der Waals surface area contributed by atoms with Crippen LogP contribution in [0.25, 0.3) is 11.1 Å². The molecular formula is C30H27ClF2NO8PS. The van der Waals surface area contributed by atoms with Gasteiger partial charge in [0.15, 0.2) is 0 Å². The van der Waals surface area contributed by atoms with Gasteiger partial charge < -0.3 is 9.84 Å². The normalized spacial score (nSPS) is 11.9. The molecule has 0 heterocycles. The zero-order valence-electron chi connectivity index (χ0n) is 23.2. The summed E-state index contributed by atoms with van der Waals surface area (Å²) in [6, 6.07) is 24.7. The van der Waals surface area contributed by atoms with Gasteiger partial charge in [-0.1, -0.05) is 84.4 Å². The number of sulfonamides is 1. The molecule has 0 saturated heterocycles. The molecule has 0 aromatic heterocycles. The third-order valence-corrected chi connectivity index (χ3v) is 10.00. The van der Waals surface area contributed by atoms with Crippen molar-refractivity contribution in [3.8, 4) is 16.9 Å². The van der Waals surface area contributed by atoms with Crippen molar-refractivity contribution in [3.63, 3.8) is 0 Å². The number of nitrogens with zero attached hydrogens (tertiary/aromatic N) is 1. The molecule has 14 heteroatoms. The van der Waals surface area contributed by atoms with E-state index < -0.39 is 29.8 Å². The molecule has 0 saturated carbocycles. The number of halogens is 3. The number of methoxy groups -OCH3 is 1. The van der Waals surface area contributed by atoms with Crippen LogP contribution >= 0.6 is 19.2 Å². The number of aliphatic carboxylic acids is 1. The predicted molar refractivity (Wildman–Crippen MR) is 160 cm³/mol. The van der Waals surface area contributed by atoms with Gasteiger partial charge in [0.25, 0.3) is 0 Å². The van der Waals surface area contributed by atoms with Gasteiger partial charge in [-0.25, -0.2) is 8.42 Å². The smallest absolute Gasteiger partial charge is 0.399 e. The highest BCUT2D eigenvalue weighted by Crippen LogP contribution is 2.53. The molecule has 0 bridgehead atoms. The Balaban J connectivity index is 1.66. The highest BCUT2D eigenvalue weighted by atomic mass is 35.5. The van der Waals surface area contributed by atoms with Crippen molar-refractivity contribution in [1.29, 1.82) is 0 Å². The second-order valence-electron chi connectivity index (χ2n) is 9.72. The molecule has 44 heavy (non-hydrogen) atoms. The minimum absolute atomic E-state index is 0.0269. The molecule has 4 aromatic carbocycles. The van der Waals surface area contributed by atoms with Crippen LogP contribution in [0.3, 0.4) is 0 Å². The second kappa shape index (κ2) is 14.4. The summed E-state index contributed by atoms with van der Waals surface area (Å²) >= 11 is 6.29. The van der Waals surface area contributed by atoms with Gasteiger partial charge in [-0.3, -0.25) is 9.36 Å². The summed E-state index contributed by atoms with van der Waals surface area (Å²) < 4.78 is 77.8. The van der Waals surface area contributed by atoms with Crippen molar-refractivity contribution in [3.05, 3.63) is 118 Å². The van der Waals surface area contributed by atoms with Gasteiger partial charge in [-0.2, -0.15) is 4.31 Å². The standard InChI is InChI=1S/C30H27ClF2NO8PS/c1-40-28-7-2-3-8-29(28)44(38,39)34(19-23-11-14-26(27(31)16-23)20-43(37,41-32)42-33)18-21-9-12-24(13-10-21)25-6-4-5-22(15-25)17-30(35)36/h2-16H,17-20H2,1H3,(H,35,36). The van der Waals surface area contributed by atoms with Crippen LogP contribution in [0.5, 0.6) is 5.75 Å². The lowest BCUT2D eigenvalue weighted by atomic mass is 10.0. The van der Waals surface area contributed by atoms with Crippen molar-refractivity contribution in [2.24, 2.45) is 0 Å². The summed E-state index contributed by atoms with van der Waals surface area (Å²) in [5, 5.41) is 9.09. The number of hydrogen-bond acceptors (Lipinski definition) is 7. The Kier molecular flexibility index (Phi) is 10.9. The van der Waals surface area contributed by atoms with E-state index >= 15 is 0 Å². The molecule has 232 valence electrons. The molecule has 0 atom stereocenters. The molecule has 0 radical (unpaired) electrons. The molecule has 0 aliphatic rings. The lowest BCUT2D eigenvalue weighted by Crippen LogP contribution is -2.30. The van der Waals surface area contributed by atoms with Crippen LogP contribution in [0.2, 0.25) is 5.02 Å². The fourth-order valence-electron chi connectivity index (χ4n) is 4.53. The minimum atomic E-state index is -4.69. The summed E-state index contributed by atoms with van der Waals surface area (Å²) in [7, 11) is -7.48. The Labute approximate surface area is 258 Å². The largest absolute Gasteiger partial charge is 0.495 e. The number of ether oxygens (including phenoxy) is 1. The van der Waals surface area contributed by atoms with Crippen LogP contribution in [0.4, 0.5) is 9.05 Å². The van der Waals surface area contributed by atoms with E-state index in [4.69, 9.17) is 21.4 Å². The third kappa shape index (κ3) is 8.09. The van der Waals surface area contributed by atoms with Crippen LogP contribution in [-0.4, -0.2) is 30.9 Å². The number of carbonyl (C=O) groups is 1. The van der Waals surface area contributed by atoms with Crippen molar-refractivity contribution in [2.45, 2.75) is 30.6 Å². The number of carboxylic acids is 1. The van der Waals surface area contributed by atoms with E-state index in [9.17, 15) is 26.8 Å². The lowest BCUT2D eigenvalue weighted by Gasteiger charge is -2.24. The van der Waals surface area contributed by atoms with E-state index in [1.165, 1.54) is 41.7 Å². The first-order chi connectivity index (χ1) is 21.0. The van der Waals surface area contributed by atoms with Gasteiger partial charge in [-0.05, 0) is 60.6 Å². The van der Waals surface area contributed by atoms with Crippen molar-refractivity contribution in [2.75, 3.05) is 7.11 Å². The predicted octanol–water partition coefficient (Wildman–Crippen LogP) is 7.53. The molecule has 0 aliphatic heterocycles. The Morgan fingerprint density at radius 3 is 2.16 bits per heavy atom.